The van der Waals surface area contributed by atoms with Gasteiger partial charge in [-0.05, 0) is 49.1 Å². The molecule has 2 atom stereocenters. The Hall–Kier alpha value is -2.07. The van der Waals surface area contributed by atoms with Crippen molar-refractivity contribution in [3.63, 3.8) is 0 Å². The molecule has 30 heavy (non-hydrogen) atoms. The van der Waals surface area contributed by atoms with Crippen LogP contribution in [0.2, 0.25) is 0 Å². The van der Waals surface area contributed by atoms with Crippen LogP contribution in [0.3, 0.4) is 0 Å². The van der Waals surface area contributed by atoms with Gasteiger partial charge in [0, 0.05) is 30.2 Å². The SMILES string of the molecule is C[C@H]1CCC2(CCN(c3cnc(Sc4cccnc4C(F)(F)F)c(N)n3)CC2)[C@@H]1N. The van der Waals surface area contributed by atoms with E-state index in [0.29, 0.717) is 11.7 Å². The van der Waals surface area contributed by atoms with Gasteiger partial charge in [0.25, 0.3) is 0 Å². The molecule has 0 bridgehead atoms. The maximum Gasteiger partial charge on any atom is 0.434 e. The third-order valence-corrected chi connectivity index (χ3v) is 7.56. The summed E-state index contributed by atoms with van der Waals surface area (Å²) in [4.78, 5) is 14.3. The molecule has 162 valence electrons. The van der Waals surface area contributed by atoms with Crippen molar-refractivity contribution in [2.45, 2.75) is 54.7 Å². The van der Waals surface area contributed by atoms with Gasteiger partial charge in [0.15, 0.2) is 11.5 Å². The summed E-state index contributed by atoms with van der Waals surface area (Å²) in [5, 5.41) is 0.234. The number of nitrogens with two attached hydrogens (primary N) is 2. The van der Waals surface area contributed by atoms with Crippen molar-refractivity contribution in [2.75, 3.05) is 23.7 Å². The van der Waals surface area contributed by atoms with Gasteiger partial charge in [-0.3, -0.25) is 4.98 Å². The van der Waals surface area contributed by atoms with Crippen molar-refractivity contribution in [3.8, 4) is 0 Å². The minimum Gasteiger partial charge on any atom is -0.381 e. The van der Waals surface area contributed by atoms with E-state index in [1.54, 1.807) is 6.20 Å². The highest BCUT2D eigenvalue weighted by Gasteiger charge is 2.46. The number of hydrogen-bond acceptors (Lipinski definition) is 7. The quantitative estimate of drug-likeness (QED) is 0.749. The summed E-state index contributed by atoms with van der Waals surface area (Å²) in [6.07, 6.45) is 2.49. The molecule has 2 aliphatic rings. The molecule has 1 saturated heterocycles. The fourth-order valence-electron chi connectivity index (χ4n) is 4.63. The molecule has 4 N–H and O–H groups in total. The standard InChI is InChI=1S/C20H25F3N6S/c1-12-4-5-19(15(12)24)6-9-29(10-7-19)14-11-27-18(17(25)28-14)30-13-3-2-8-26-16(13)20(21,22)23/h2-3,8,11-12,15H,4-7,9-10,24H2,1H3,(H2,25,28)/t12-,15+/m0/s1. The topological polar surface area (TPSA) is 94.0 Å². The largest absolute Gasteiger partial charge is 0.434 e. The molecule has 3 heterocycles. The molecule has 2 aromatic heterocycles. The molecule has 0 unspecified atom stereocenters. The molecule has 2 aromatic rings. The second kappa shape index (κ2) is 7.88. The van der Waals surface area contributed by atoms with E-state index in [1.807, 2.05) is 0 Å². The van der Waals surface area contributed by atoms with Crippen molar-refractivity contribution in [2.24, 2.45) is 17.1 Å². The van der Waals surface area contributed by atoms with Crippen LogP contribution >= 0.6 is 11.8 Å². The van der Waals surface area contributed by atoms with Crippen molar-refractivity contribution in [1.82, 2.24) is 15.0 Å². The Morgan fingerprint density at radius 2 is 1.93 bits per heavy atom. The molecule has 1 saturated carbocycles. The molecule has 2 fully saturated rings. The number of rotatable bonds is 3. The third kappa shape index (κ3) is 3.94. The molecule has 1 aliphatic carbocycles. The van der Waals surface area contributed by atoms with Crippen molar-refractivity contribution in [1.29, 1.82) is 0 Å². The van der Waals surface area contributed by atoms with Gasteiger partial charge in [-0.25, -0.2) is 9.97 Å². The summed E-state index contributed by atoms with van der Waals surface area (Å²) in [5.41, 5.74) is 11.8. The zero-order valence-electron chi connectivity index (χ0n) is 16.7. The fraction of sp³-hybridized carbons (Fsp3) is 0.550. The maximum absolute atomic E-state index is 13.2. The van der Waals surface area contributed by atoms with Crippen molar-refractivity contribution in [3.05, 3.63) is 30.2 Å². The van der Waals surface area contributed by atoms with Gasteiger partial charge in [0.05, 0.1) is 6.20 Å². The van der Waals surface area contributed by atoms with Crippen LogP contribution in [0.1, 0.15) is 38.3 Å². The first-order valence-electron chi connectivity index (χ1n) is 10.0. The van der Waals surface area contributed by atoms with Gasteiger partial charge >= 0.3 is 6.18 Å². The lowest BCUT2D eigenvalue weighted by atomic mass is 9.73. The van der Waals surface area contributed by atoms with Crippen LogP contribution in [-0.4, -0.2) is 34.1 Å². The van der Waals surface area contributed by atoms with E-state index < -0.39 is 11.9 Å². The molecule has 1 aliphatic heterocycles. The Morgan fingerprint density at radius 3 is 2.53 bits per heavy atom. The minimum absolute atomic E-state index is 0.0528. The van der Waals surface area contributed by atoms with Gasteiger partial charge in [-0.15, -0.1) is 0 Å². The Kier molecular flexibility index (Phi) is 5.56. The van der Waals surface area contributed by atoms with Crippen molar-refractivity contribution < 1.29 is 13.2 Å². The Bertz CT molecular complexity index is 914. The van der Waals surface area contributed by atoms with Gasteiger partial charge in [0.2, 0.25) is 0 Å². The number of alkyl halides is 3. The van der Waals surface area contributed by atoms with E-state index in [0.717, 1.165) is 43.9 Å². The predicted molar refractivity (Wildman–Crippen MR) is 110 cm³/mol. The summed E-state index contributed by atoms with van der Waals surface area (Å²) < 4.78 is 39.5. The molecule has 0 radical (unpaired) electrons. The second-order valence-corrected chi connectivity index (χ2v) is 9.29. The molecular weight excluding hydrogens is 413 g/mol. The van der Waals surface area contributed by atoms with Gasteiger partial charge in [-0.1, -0.05) is 18.7 Å². The number of halogens is 3. The lowest BCUT2D eigenvalue weighted by molar-refractivity contribution is -0.143. The molecule has 1 spiro atoms. The summed E-state index contributed by atoms with van der Waals surface area (Å²) in [6, 6.07) is 3.04. The summed E-state index contributed by atoms with van der Waals surface area (Å²) >= 11 is 0.823. The number of nitrogen functional groups attached to an aromatic ring is 1. The van der Waals surface area contributed by atoms with Crippen LogP contribution in [0.15, 0.2) is 34.4 Å². The first kappa shape index (κ1) is 21.2. The molecule has 4 rings (SSSR count). The lowest BCUT2D eigenvalue weighted by Gasteiger charge is -2.43. The number of nitrogens with zero attached hydrogens (tertiary/aromatic N) is 4. The van der Waals surface area contributed by atoms with Crippen LogP contribution in [0.25, 0.3) is 0 Å². The second-order valence-electron chi connectivity index (χ2n) is 8.26. The number of anilines is 2. The smallest absolute Gasteiger partial charge is 0.381 e. The maximum atomic E-state index is 13.2. The molecule has 0 amide bonds. The first-order chi connectivity index (χ1) is 14.2. The van der Waals surface area contributed by atoms with Crippen LogP contribution in [-0.2, 0) is 6.18 Å². The number of aromatic nitrogens is 3. The van der Waals surface area contributed by atoms with Crippen LogP contribution in [0, 0.1) is 11.3 Å². The van der Waals surface area contributed by atoms with Crippen molar-refractivity contribution >= 4 is 23.4 Å². The highest BCUT2D eigenvalue weighted by molar-refractivity contribution is 7.99. The zero-order chi connectivity index (χ0) is 21.5. The highest BCUT2D eigenvalue weighted by atomic mass is 32.2. The third-order valence-electron chi connectivity index (χ3n) is 6.50. The van der Waals surface area contributed by atoms with E-state index in [2.05, 4.69) is 26.8 Å². The summed E-state index contributed by atoms with van der Waals surface area (Å²) in [5.74, 6) is 1.31. The summed E-state index contributed by atoms with van der Waals surface area (Å²) in [6.45, 7) is 3.87. The Labute approximate surface area is 177 Å². The average Bonchev–Trinajstić information content (AvgIpc) is 2.98. The van der Waals surface area contributed by atoms with Gasteiger partial charge in [0.1, 0.15) is 10.8 Å². The molecular formula is C20H25F3N6S. The van der Waals surface area contributed by atoms with E-state index in [-0.39, 0.29) is 27.2 Å². The minimum atomic E-state index is -4.55. The molecule has 6 nitrogen and oxygen atoms in total. The fourth-order valence-corrected chi connectivity index (χ4v) is 5.51. The number of pyridine rings is 1. The normalized spacial score (nSPS) is 23.8. The highest BCUT2D eigenvalue weighted by Crippen LogP contribution is 2.48. The van der Waals surface area contributed by atoms with E-state index in [1.165, 1.54) is 25.0 Å². The van der Waals surface area contributed by atoms with Crippen LogP contribution in [0.4, 0.5) is 24.8 Å². The Morgan fingerprint density at radius 1 is 1.20 bits per heavy atom. The molecule has 10 heteroatoms. The first-order valence-corrected chi connectivity index (χ1v) is 10.8. The lowest BCUT2D eigenvalue weighted by Crippen LogP contribution is -2.48. The van der Waals surface area contributed by atoms with Gasteiger partial charge < -0.3 is 16.4 Å². The van der Waals surface area contributed by atoms with Crippen LogP contribution in [0.5, 0.6) is 0 Å². The van der Waals surface area contributed by atoms with Crippen LogP contribution < -0.4 is 16.4 Å². The average molecular weight is 439 g/mol. The Balaban J connectivity index is 1.48. The predicted octanol–water partition coefficient (Wildman–Crippen LogP) is 3.97. The zero-order valence-corrected chi connectivity index (χ0v) is 17.5. The van der Waals surface area contributed by atoms with Gasteiger partial charge in [-0.2, -0.15) is 13.2 Å². The number of piperidine rings is 1. The van der Waals surface area contributed by atoms with E-state index >= 15 is 0 Å². The monoisotopic (exact) mass is 438 g/mol. The molecule has 0 aromatic carbocycles. The van der Waals surface area contributed by atoms with E-state index in [9.17, 15) is 13.2 Å². The number of hydrogen-bond donors (Lipinski definition) is 2. The van der Waals surface area contributed by atoms with E-state index in [4.69, 9.17) is 11.5 Å². The summed E-state index contributed by atoms with van der Waals surface area (Å²) in [7, 11) is 0.